The Hall–Kier alpha value is -2.64. The Morgan fingerprint density at radius 2 is 1.69 bits per heavy atom. The van der Waals surface area contributed by atoms with E-state index in [1.807, 2.05) is 18.2 Å². The summed E-state index contributed by atoms with van der Waals surface area (Å²) >= 11 is 0. The first-order chi connectivity index (χ1) is 12.6. The van der Waals surface area contributed by atoms with Crippen LogP contribution in [-0.4, -0.2) is 60.4 Å². The Kier molecular flexibility index (Phi) is 6.04. The van der Waals surface area contributed by atoms with Gasteiger partial charge in [-0.15, -0.1) is 0 Å². The van der Waals surface area contributed by atoms with Crippen molar-refractivity contribution < 1.29 is 14.8 Å². The number of nitro benzene ring substituents is 1. The van der Waals surface area contributed by atoms with Gasteiger partial charge in [0.2, 0.25) is 0 Å². The van der Waals surface area contributed by atoms with Crippen LogP contribution in [0, 0.1) is 10.1 Å². The summed E-state index contributed by atoms with van der Waals surface area (Å²) in [5.74, 6) is 0.186. The summed E-state index contributed by atoms with van der Waals surface area (Å²) in [7, 11) is 0. The Morgan fingerprint density at radius 3 is 2.38 bits per heavy atom. The number of piperazine rings is 1. The number of β-amino-alcohol motifs (C(OH)–C–C–N with tert-alkyl or cyclic N) is 1. The Labute approximate surface area is 152 Å². The van der Waals surface area contributed by atoms with Crippen LogP contribution in [0.15, 0.2) is 54.6 Å². The minimum absolute atomic E-state index is 0.0315. The Morgan fingerprint density at radius 1 is 1.04 bits per heavy atom. The molecule has 0 spiro atoms. The number of ether oxygens (including phenoxy) is 1. The molecule has 1 heterocycles. The first-order valence-corrected chi connectivity index (χ1v) is 8.70. The van der Waals surface area contributed by atoms with E-state index in [1.54, 1.807) is 18.2 Å². The van der Waals surface area contributed by atoms with Crippen LogP contribution in [-0.2, 0) is 0 Å². The van der Waals surface area contributed by atoms with Crippen molar-refractivity contribution in [2.24, 2.45) is 0 Å². The van der Waals surface area contributed by atoms with Crippen molar-refractivity contribution in [1.82, 2.24) is 4.90 Å². The van der Waals surface area contributed by atoms with E-state index in [2.05, 4.69) is 21.9 Å². The van der Waals surface area contributed by atoms with E-state index in [0.29, 0.717) is 6.54 Å². The zero-order chi connectivity index (χ0) is 18.4. The smallest absolute Gasteiger partial charge is 0.310 e. The highest BCUT2D eigenvalue weighted by molar-refractivity contribution is 5.46. The maximum atomic E-state index is 11.0. The van der Waals surface area contributed by atoms with Crippen LogP contribution in [0.1, 0.15) is 0 Å². The second-order valence-electron chi connectivity index (χ2n) is 6.31. The van der Waals surface area contributed by atoms with E-state index >= 15 is 0 Å². The minimum Gasteiger partial charge on any atom is -0.484 e. The molecule has 2 aromatic rings. The van der Waals surface area contributed by atoms with E-state index in [0.717, 1.165) is 26.2 Å². The molecule has 26 heavy (non-hydrogen) atoms. The average molecular weight is 357 g/mol. The van der Waals surface area contributed by atoms with Crippen LogP contribution < -0.4 is 9.64 Å². The number of anilines is 1. The van der Waals surface area contributed by atoms with Crippen molar-refractivity contribution in [2.75, 3.05) is 44.2 Å². The molecule has 1 atom stereocenters. The van der Waals surface area contributed by atoms with E-state index in [4.69, 9.17) is 4.74 Å². The van der Waals surface area contributed by atoms with Crippen LogP contribution in [0.2, 0.25) is 0 Å². The number of aliphatic hydroxyl groups excluding tert-OH is 1. The summed E-state index contributed by atoms with van der Waals surface area (Å²) in [5, 5.41) is 21.2. The third-order valence-corrected chi connectivity index (χ3v) is 4.46. The lowest BCUT2D eigenvalue weighted by molar-refractivity contribution is -0.385. The topological polar surface area (TPSA) is 79.1 Å². The summed E-state index contributed by atoms with van der Waals surface area (Å²) in [6, 6.07) is 16.5. The molecule has 0 unspecified atom stereocenters. The summed E-state index contributed by atoms with van der Waals surface area (Å²) in [6.45, 7) is 4.05. The van der Waals surface area contributed by atoms with Gasteiger partial charge in [0.15, 0.2) is 5.75 Å². The third kappa shape index (κ3) is 4.71. The molecule has 7 heteroatoms. The lowest BCUT2D eigenvalue weighted by Gasteiger charge is -2.36. The normalized spacial score (nSPS) is 16.3. The molecule has 3 rings (SSSR count). The second kappa shape index (κ2) is 8.64. The molecule has 138 valence electrons. The quantitative estimate of drug-likeness (QED) is 0.604. The molecule has 7 nitrogen and oxygen atoms in total. The lowest BCUT2D eigenvalue weighted by Crippen LogP contribution is -2.49. The molecule has 1 aliphatic heterocycles. The SMILES string of the molecule is O=[N+]([O-])c1ccccc1OC[C@H](O)CN1CCN(c2ccccc2)CC1. The van der Waals surface area contributed by atoms with Gasteiger partial charge in [0.05, 0.1) is 4.92 Å². The van der Waals surface area contributed by atoms with Crippen LogP contribution in [0.4, 0.5) is 11.4 Å². The average Bonchev–Trinajstić information content (AvgIpc) is 2.68. The molecule has 1 N–H and O–H groups in total. The van der Waals surface area contributed by atoms with Crippen LogP contribution in [0.5, 0.6) is 5.75 Å². The molecule has 0 aliphatic carbocycles. The number of para-hydroxylation sites is 3. The van der Waals surface area contributed by atoms with Crippen LogP contribution in [0.25, 0.3) is 0 Å². The largest absolute Gasteiger partial charge is 0.484 e. The van der Waals surface area contributed by atoms with Gasteiger partial charge in [-0.2, -0.15) is 0 Å². The maximum absolute atomic E-state index is 11.0. The van der Waals surface area contributed by atoms with Gasteiger partial charge < -0.3 is 14.7 Å². The molecular formula is C19H23N3O4. The van der Waals surface area contributed by atoms with Crippen molar-refractivity contribution in [1.29, 1.82) is 0 Å². The molecule has 1 fully saturated rings. The van der Waals surface area contributed by atoms with Gasteiger partial charge in [0, 0.05) is 44.5 Å². The van der Waals surface area contributed by atoms with Gasteiger partial charge in [-0.3, -0.25) is 15.0 Å². The lowest BCUT2D eigenvalue weighted by atomic mass is 10.2. The van der Waals surface area contributed by atoms with Crippen LogP contribution >= 0.6 is 0 Å². The highest BCUT2D eigenvalue weighted by Crippen LogP contribution is 2.25. The molecule has 2 aromatic carbocycles. The van der Waals surface area contributed by atoms with Gasteiger partial charge in [-0.25, -0.2) is 0 Å². The Bertz CT molecular complexity index is 718. The van der Waals surface area contributed by atoms with E-state index < -0.39 is 11.0 Å². The first kappa shape index (κ1) is 18.2. The monoisotopic (exact) mass is 357 g/mol. The summed E-state index contributed by atoms with van der Waals surface area (Å²) in [6.07, 6.45) is -0.696. The molecule has 0 saturated carbocycles. The number of aliphatic hydroxyl groups is 1. The van der Waals surface area contributed by atoms with E-state index in [1.165, 1.54) is 11.8 Å². The van der Waals surface area contributed by atoms with Crippen molar-refractivity contribution in [3.05, 3.63) is 64.7 Å². The van der Waals surface area contributed by atoms with Crippen LogP contribution in [0.3, 0.4) is 0 Å². The number of benzene rings is 2. The summed E-state index contributed by atoms with van der Waals surface area (Å²) < 4.78 is 5.46. The highest BCUT2D eigenvalue weighted by atomic mass is 16.6. The number of rotatable bonds is 7. The standard InChI is InChI=1S/C19H23N3O4/c23-17(15-26-19-9-5-4-8-18(19)22(24)25)14-20-10-12-21(13-11-20)16-6-2-1-3-7-16/h1-9,17,23H,10-15H2/t17-/m1/s1. The first-order valence-electron chi connectivity index (χ1n) is 8.70. The van der Waals surface area contributed by atoms with Crippen molar-refractivity contribution in [3.63, 3.8) is 0 Å². The molecular weight excluding hydrogens is 334 g/mol. The van der Waals surface area contributed by atoms with Crippen molar-refractivity contribution >= 4 is 11.4 Å². The predicted octanol–water partition coefficient (Wildman–Crippen LogP) is 2.16. The molecule has 0 amide bonds. The summed E-state index contributed by atoms with van der Waals surface area (Å²) in [5.41, 5.74) is 1.13. The van der Waals surface area contributed by atoms with Gasteiger partial charge in [0.25, 0.3) is 0 Å². The second-order valence-corrected chi connectivity index (χ2v) is 6.31. The van der Waals surface area contributed by atoms with E-state index in [-0.39, 0.29) is 18.0 Å². The fourth-order valence-electron chi connectivity index (χ4n) is 3.09. The van der Waals surface area contributed by atoms with Gasteiger partial charge in [0.1, 0.15) is 12.7 Å². The number of hydrogen-bond acceptors (Lipinski definition) is 6. The number of nitro groups is 1. The van der Waals surface area contributed by atoms with Gasteiger partial charge in [-0.05, 0) is 18.2 Å². The fraction of sp³-hybridized carbons (Fsp3) is 0.368. The van der Waals surface area contributed by atoms with Gasteiger partial charge >= 0.3 is 5.69 Å². The minimum atomic E-state index is -0.696. The van der Waals surface area contributed by atoms with Crippen molar-refractivity contribution in [3.8, 4) is 5.75 Å². The highest BCUT2D eigenvalue weighted by Gasteiger charge is 2.21. The maximum Gasteiger partial charge on any atom is 0.310 e. The third-order valence-electron chi connectivity index (χ3n) is 4.46. The van der Waals surface area contributed by atoms with Crippen molar-refractivity contribution in [2.45, 2.75) is 6.10 Å². The number of nitrogens with zero attached hydrogens (tertiary/aromatic N) is 3. The van der Waals surface area contributed by atoms with Gasteiger partial charge in [-0.1, -0.05) is 30.3 Å². The fourth-order valence-corrected chi connectivity index (χ4v) is 3.09. The molecule has 0 bridgehead atoms. The summed E-state index contributed by atoms with van der Waals surface area (Å²) in [4.78, 5) is 15.0. The molecule has 0 radical (unpaired) electrons. The zero-order valence-electron chi connectivity index (χ0n) is 14.5. The zero-order valence-corrected chi connectivity index (χ0v) is 14.5. The molecule has 1 aliphatic rings. The molecule has 0 aromatic heterocycles. The number of hydrogen-bond donors (Lipinski definition) is 1. The molecule has 1 saturated heterocycles. The Balaban J connectivity index is 1.45. The predicted molar refractivity (Wildman–Crippen MR) is 99.7 cm³/mol. The van der Waals surface area contributed by atoms with E-state index in [9.17, 15) is 15.2 Å².